The molecule has 2 atom stereocenters. The Balaban J connectivity index is 1.28. The first-order chi connectivity index (χ1) is 15.7. The molecule has 3 aromatic rings. The Morgan fingerprint density at radius 3 is 3.00 bits per heavy atom. The third-order valence-corrected chi connectivity index (χ3v) is 6.08. The minimum atomic E-state index is -4.82. The lowest BCUT2D eigenvalue weighted by Gasteiger charge is -2.17. The molecule has 178 valence electrons. The Bertz CT molecular complexity index is 1150. The molecule has 10 nitrogen and oxygen atoms in total. The number of H-pyrrole nitrogens is 1. The molecule has 15 heteroatoms. The molecule has 4 rings (SSSR count). The Labute approximate surface area is 194 Å². The van der Waals surface area contributed by atoms with E-state index >= 15 is 0 Å². The van der Waals surface area contributed by atoms with Gasteiger partial charge < -0.3 is 19.5 Å². The molecule has 3 aromatic heterocycles. The monoisotopic (exact) mass is 505 g/mol. The minimum Gasteiger partial charge on any atom is -0.378 e. The highest BCUT2D eigenvalue weighted by Gasteiger charge is 2.37. The predicted octanol–water partition coefficient (Wildman–Crippen LogP) is 3.29. The van der Waals surface area contributed by atoms with Crippen LogP contribution in [-0.4, -0.2) is 51.1 Å². The lowest BCUT2D eigenvalue weighted by atomic mass is 10.1. The molecule has 1 fully saturated rings. The number of nitrogens with one attached hydrogen (secondary N) is 2. The van der Waals surface area contributed by atoms with Crippen LogP contribution in [0.1, 0.15) is 36.5 Å². The molecule has 2 unspecified atom stereocenters. The second kappa shape index (κ2) is 9.65. The van der Waals surface area contributed by atoms with Gasteiger partial charge in [0, 0.05) is 25.0 Å². The van der Waals surface area contributed by atoms with Crippen LogP contribution in [0, 0.1) is 0 Å². The summed E-state index contributed by atoms with van der Waals surface area (Å²) < 4.78 is 50.7. The smallest absolute Gasteiger partial charge is 0.378 e. The van der Waals surface area contributed by atoms with Crippen LogP contribution in [0.25, 0.3) is 0 Å². The molecule has 1 saturated heterocycles. The van der Waals surface area contributed by atoms with Crippen molar-refractivity contribution in [1.82, 2.24) is 25.3 Å². The molecule has 1 aliphatic rings. The van der Waals surface area contributed by atoms with Crippen molar-refractivity contribution >= 4 is 33.8 Å². The fourth-order valence-electron chi connectivity index (χ4n) is 3.45. The zero-order valence-corrected chi connectivity index (χ0v) is 18.8. The standard InChI is InChI=1S/C18H19ClF3N7O3S/c1-9(25-11-4-24-27-16(30)14(11)18(20,21)22)7-31-8-13-26-15(28-32-13)10-2-3-29(6-10)17-23-5-12(19)33-17/h4-5,9-10H,2-3,6-8H2,1H3,(H2,25,27,30). The lowest BCUT2D eigenvalue weighted by molar-refractivity contribution is -0.138. The van der Waals surface area contributed by atoms with Crippen LogP contribution in [0.5, 0.6) is 0 Å². The highest BCUT2D eigenvalue weighted by molar-refractivity contribution is 7.19. The number of nitrogens with zero attached hydrogens (tertiary/aromatic N) is 5. The zero-order chi connectivity index (χ0) is 23.6. The summed E-state index contributed by atoms with van der Waals surface area (Å²) in [6.07, 6.45) is -1.45. The molecule has 1 aliphatic heterocycles. The Morgan fingerprint density at radius 1 is 1.45 bits per heavy atom. The van der Waals surface area contributed by atoms with Crippen molar-refractivity contribution in [3.05, 3.63) is 44.4 Å². The first-order valence-electron chi connectivity index (χ1n) is 9.88. The number of aromatic amines is 1. The second-order valence-electron chi connectivity index (χ2n) is 7.47. The van der Waals surface area contributed by atoms with E-state index in [0.717, 1.165) is 24.3 Å². The average Bonchev–Trinajstić information content (AvgIpc) is 3.47. The molecule has 0 aromatic carbocycles. The van der Waals surface area contributed by atoms with Crippen LogP contribution in [0.2, 0.25) is 4.34 Å². The number of thiazole rings is 1. The van der Waals surface area contributed by atoms with Crippen LogP contribution < -0.4 is 15.8 Å². The lowest BCUT2D eigenvalue weighted by Crippen LogP contribution is -2.29. The molecule has 0 saturated carbocycles. The normalized spacial score (nSPS) is 17.5. The molecule has 0 aliphatic carbocycles. The maximum absolute atomic E-state index is 13.1. The largest absolute Gasteiger partial charge is 0.423 e. The fraction of sp³-hybridized carbons (Fsp3) is 0.500. The van der Waals surface area contributed by atoms with Crippen molar-refractivity contribution < 1.29 is 22.4 Å². The molecule has 0 spiro atoms. The molecule has 0 bridgehead atoms. The van der Waals surface area contributed by atoms with Gasteiger partial charge in [0.15, 0.2) is 11.0 Å². The van der Waals surface area contributed by atoms with Crippen molar-refractivity contribution in [3.63, 3.8) is 0 Å². The second-order valence-corrected chi connectivity index (χ2v) is 9.11. The number of halogens is 4. The first-order valence-corrected chi connectivity index (χ1v) is 11.1. The number of aromatic nitrogens is 5. The molecular weight excluding hydrogens is 487 g/mol. The van der Waals surface area contributed by atoms with Gasteiger partial charge in [0.1, 0.15) is 16.5 Å². The maximum atomic E-state index is 13.1. The summed E-state index contributed by atoms with van der Waals surface area (Å²) in [6.45, 7) is 3.13. The quantitative estimate of drug-likeness (QED) is 0.474. The minimum absolute atomic E-state index is 0.00269. The van der Waals surface area contributed by atoms with Gasteiger partial charge in [-0.1, -0.05) is 28.1 Å². The predicted molar refractivity (Wildman–Crippen MR) is 114 cm³/mol. The van der Waals surface area contributed by atoms with Gasteiger partial charge in [0.2, 0.25) is 0 Å². The van der Waals surface area contributed by atoms with E-state index in [0.29, 0.717) is 16.7 Å². The SMILES string of the molecule is CC(COCc1nc(C2CCN(c3ncc(Cl)s3)C2)no1)Nc1cn[nH]c(=O)c1C(F)(F)F. The maximum Gasteiger partial charge on any atom is 0.423 e. The van der Waals surface area contributed by atoms with Crippen molar-refractivity contribution in [2.75, 3.05) is 29.9 Å². The third-order valence-electron chi connectivity index (χ3n) is 4.91. The van der Waals surface area contributed by atoms with Gasteiger partial charge >= 0.3 is 6.18 Å². The van der Waals surface area contributed by atoms with Crippen molar-refractivity contribution in [1.29, 1.82) is 0 Å². The van der Waals surface area contributed by atoms with Crippen LogP contribution in [0.4, 0.5) is 24.0 Å². The fourth-order valence-corrected chi connectivity index (χ4v) is 4.38. The van der Waals surface area contributed by atoms with Gasteiger partial charge in [-0.2, -0.15) is 23.3 Å². The van der Waals surface area contributed by atoms with Gasteiger partial charge in [-0.15, -0.1) is 0 Å². The van der Waals surface area contributed by atoms with Gasteiger partial charge in [0.25, 0.3) is 11.4 Å². The van der Waals surface area contributed by atoms with Gasteiger partial charge in [0.05, 0.1) is 24.7 Å². The van der Waals surface area contributed by atoms with Crippen LogP contribution in [0.15, 0.2) is 21.7 Å². The number of hydrogen-bond donors (Lipinski definition) is 2. The molecule has 0 amide bonds. The van der Waals surface area contributed by atoms with Crippen molar-refractivity contribution in [3.8, 4) is 0 Å². The Morgan fingerprint density at radius 2 is 2.27 bits per heavy atom. The summed E-state index contributed by atoms with van der Waals surface area (Å²) in [7, 11) is 0. The van der Waals surface area contributed by atoms with Crippen molar-refractivity contribution in [2.24, 2.45) is 0 Å². The van der Waals surface area contributed by atoms with E-state index in [1.54, 1.807) is 18.2 Å². The number of rotatable bonds is 8. The zero-order valence-electron chi connectivity index (χ0n) is 17.2. The average molecular weight is 506 g/mol. The number of anilines is 2. The highest BCUT2D eigenvalue weighted by Crippen LogP contribution is 2.33. The third kappa shape index (κ3) is 5.62. The van der Waals surface area contributed by atoms with E-state index in [1.165, 1.54) is 11.3 Å². The topological polar surface area (TPSA) is 122 Å². The number of ether oxygens (including phenoxy) is 1. The van der Waals surface area contributed by atoms with Crippen LogP contribution in [0.3, 0.4) is 0 Å². The molecule has 4 heterocycles. The molecular formula is C18H19ClF3N7O3S. The summed E-state index contributed by atoms with van der Waals surface area (Å²) in [4.78, 5) is 22.3. The van der Waals surface area contributed by atoms with Crippen molar-refractivity contribution in [2.45, 2.75) is 38.1 Å². The summed E-state index contributed by atoms with van der Waals surface area (Å²) in [5.41, 5.74) is -3.08. The van der Waals surface area contributed by atoms with Gasteiger partial charge in [-0.3, -0.25) is 4.79 Å². The van der Waals surface area contributed by atoms with E-state index < -0.39 is 29.0 Å². The first kappa shape index (κ1) is 23.4. The summed E-state index contributed by atoms with van der Waals surface area (Å²) in [6, 6.07) is -0.550. The number of hydrogen-bond acceptors (Lipinski definition) is 10. The summed E-state index contributed by atoms with van der Waals surface area (Å²) in [5.74, 6) is 0.909. The highest BCUT2D eigenvalue weighted by atomic mass is 35.5. The summed E-state index contributed by atoms with van der Waals surface area (Å²) in [5, 5.41) is 12.7. The number of alkyl halides is 3. The van der Waals surface area contributed by atoms with Gasteiger partial charge in [-0.05, 0) is 13.3 Å². The Kier molecular flexibility index (Phi) is 6.86. The van der Waals surface area contributed by atoms with E-state index in [4.69, 9.17) is 20.9 Å². The van der Waals surface area contributed by atoms with E-state index in [9.17, 15) is 18.0 Å². The van der Waals surface area contributed by atoms with Crippen LogP contribution >= 0.6 is 22.9 Å². The van der Waals surface area contributed by atoms with E-state index in [2.05, 4.69) is 30.4 Å². The van der Waals surface area contributed by atoms with Gasteiger partial charge in [-0.25, -0.2) is 10.1 Å². The molecule has 33 heavy (non-hydrogen) atoms. The van der Waals surface area contributed by atoms with Crippen LogP contribution in [-0.2, 0) is 17.5 Å². The molecule has 2 N–H and O–H groups in total. The van der Waals surface area contributed by atoms with E-state index in [1.807, 2.05) is 0 Å². The molecule has 0 radical (unpaired) electrons. The Hall–Kier alpha value is -2.71. The van der Waals surface area contributed by atoms with E-state index in [-0.39, 0.29) is 25.0 Å². The summed E-state index contributed by atoms with van der Waals surface area (Å²) >= 11 is 7.36.